The molecule has 0 aliphatic carbocycles. The molecule has 0 spiro atoms. The molecule has 0 bridgehead atoms. The molecule has 0 amide bonds. The van der Waals surface area contributed by atoms with Crippen LogP contribution in [-0.2, 0) is 4.74 Å². The Labute approximate surface area is 95.2 Å². The van der Waals surface area contributed by atoms with E-state index in [2.05, 4.69) is 4.74 Å². The zero-order valence-electron chi connectivity index (χ0n) is 8.06. The summed E-state index contributed by atoms with van der Waals surface area (Å²) in [4.78, 5) is 21.2. The van der Waals surface area contributed by atoms with Gasteiger partial charge in [0.25, 0.3) is 0 Å². The summed E-state index contributed by atoms with van der Waals surface area (Å²) >= 11 is 5.60. The van der Waals surface area contributed by atoms with Crippen molar-refractivity contribution in [1.82, 2.24) is 0 Å². The summed E-state index contributed by atoms with van der Waals surface area (Å²) in [5.74, 6) is -0.967. The molecule has 0 N–H and O–H groups in total. The topological polar surface area (TPSA) is 93.2 Å². The predicted octanol–water partition coefficient (Wildman–Crippen LogP) is 1.91. The van der Waals surface area contributed by atoms with E-state index in [1.54, 1.807) is 6.07 Å². The number of halogens is 1. The zero-order chi connectivity index (χ0) is 12.3. The number of hydrogen-bond acceptors (Lipinski definition) is 5. The van der Waals surface area contributed by atoms with E-state index in [4.69, 9.17) is 16.9 Å². The van der Waals surface area contributed by atoms with Gasteiger partial charge in [0.1, 0.15) is 11.1 Å². The first-order valence-electron chi connectivity index (χ1n) is 3.98. The largest absolute Gasteiger partial charge is 0.465 e. The quantitative estimate of drug-likeness (QED) is 0.447. The summed E-state index contributed by atoms with van der Waals surface area (Å²) in [6.07, 6.45) is 0. The van der Waals surface area contributed by atoms with E-state index in [0.29, 0.717) is 0 Å². The van der Waals surface area contributed by atoms with Gasteiger partial charge in [-0.15, -0.1) is 0 Å². The number of carbonyl (C=O) groups is 1. The van der Waals surface area contributed by atoms with Crippen LogP contribution in [0.25, 0.3) is 0 Å². The van der Waals surface area contributed by atoms with Gasteiger partial charge in [0.15, 0.2) is 5.56 Å². The highest BCUT2D eigenvalue weighted by Crippen LogP contribution is 2.31. The van der Waals surface area contributed by atoms with Crippen LogP contribution in [0.3, 0.4) is 0 Å². The Hall–Kier alpha value is -2.13. The number of nitro groups is 1. The molecule has 0 atom stereocenters. The van der Waals surface area contributed by atoms with Gasteiger partial charge < -0.3 is 4.74 Å². The molecule has 7 heteroatoms. The molecule has 1 rings (SSSR count). The molecule has 0 radical (unpaired) electrons. The summed E-state index contributed by atoms with van der Waals surface area (Å²) in [5.41, 5.74) is -1.20. The van der Waals surface area contributed by atoms with E-state index in [1.165, 1.54) is 12.1 Å². The van der Waals surface area contributed by atoms with Crippen LogP contribution in [0.15, 0.2) is 12.1 Å². The van der Waals surface area contributed by atoms with Crippen molar-refractivity contribution in [3.63, 3.8) is 0 Å². The molecule has 0 unspecified atom stereocenters. The van der Waals surface area contributed by atoms with Gasteiger partial charge in [0.05, 0.1) is 17.6 Å². The molecule has 0 aliphatic heterocycles. The highest BCUT2D eigenvalue weighted by molar-refractivity contribution is 6.33. The first-order valence-corrected chi connectivity index (χ1v) is 4.36. The average molecular weight is 241 g/mol. The zero-order valence-corrected chi connectivity index (χ0v) is 8.82. The Kier molecular flexibility index (Phi) is 3.43. The van der Waals surface area contributed by atoms with E-state index in [0.717, 1.165) is 7.11 Å². The van der Waals surface area contributed by atoms with Gasteiger partial charge in [-0.05, 0) is 12.1 Å². The van der Waals surface area contributed by atoms with E-state index < -0.39 is 22.1 Å². The maximum absolute atomic E-state index is 11.3. The number of nitrogens with zero attached hydrogens (tertiary/aromatic N) is 2. The van der Waals surface area contributed by atoms with E-state index in [9.17, 15) is 14.9 Å². The Morgan fingerprint density at radius 1 is 1.62 bits per heavy atom. The number of nitro benzene ring substituents is 1. The monoisotopic (exact) mass is 240 g/mol. The van der Waals surface area contributed by atoms with Crippen LogP contribution < -0.4 is 0 Å². The molecule has 1 aromatic carbocycles. The lowest BCUT2D eigenvalue weighted by Gasteiger charge is -2.04. The van der Waals surface area contributed by atoms with E-state index in [-0.39, 0.29) is 10.6 Å². The highest BCUT2D eigenvalue weighted by atomic mass is 35.5. The van der Waals surface area contributed by atoms with E-state index in [1.807, 2.05) is 0 Å². The summed E-state index contributed by atoms with van der Waals surface area (Å²) in [6, 6.07) is 4.08. The number of methoxy groups -OCH3 is 1. The van der Waals surface area contributed by atoms with Crippen molar-refractivity contribution < 1.29 is 14.5 Å². The lowest BCUT2D eigenvalue weighted by molar-refractivity contribution is -0.385. The van der Waals surface area contributed by atoms with Crippen molar-refractivity contribution >= 4 is 23.3 Å². The van der Waals surface area contributed by atoms with Crippen LogP contribution >= 0.6 is 11.6 Å². The number of esters is 1. The summed E-state index contributed by atoms with van der Waals surface area (Å²) in [7, 11) is 1.06. The minimum Gasteiger partial charge on any atom is -0.465 e. The Balaban J connectivity index is 3.63. The Morgan fingerprint density at radius 2 is 2.25 bits per heavy atom. The summed E-state index contributed by atoms with van der Waals surface area (Å²) in [6.45, 7) is 0. The fourth-order valence-corrected chi connectivity index (χ4v) is 1.37. The van der Waals surface area contributed by atoms with Gasteiger partial charge >= 0.3 is 11.7 Å². The maximum Gasteiger partial charge on any atom is 0.346 e. The highest BCUT2D eigenvalue weighted by Gasteiger charge is 2.28. The van der Waals surface area contributed by atoms with Crippen molar-refractivity contribution in [3.8, 4) is 6.07 Å². The minimum absolute atomic E-state index is 0.150. The molecule has 16 heavy (non-hydrogen) atoms. The predicted molar refractivity (Wildman–Crippen MR) is 54.2 cm³/mol. The lowest BCUT2D eigenvalue weighted by atomic mass is 10.1. The standard InChI is InChI=1S/C9H5ClN2O4/c1-16-9(13)7-5(4-11)2-3-6(10)8(7)12(14)15/h2-3H,1H3. The number of benzene rings is 1. The van der Waals surface area contributed by atoms with Gasteiger partial charge in [0.2, 0.25) is 0 Å². The third-order valence-corrected chi connectivity index (χ3v) is 2.13. The molecule has 0 saturated carbocycles. The fraction of sp³-hybridized carbons (Fsp3) is 0.111. The second kappa shape index (κ2) is 4.59. The molecule has 0 fully saturated rings. The number of hydrogen-bond donors (Lipinski definition) is 0. The van der Waals surface area contributed by atoms with Crippen LogP contribution in [-0.4, -0.2) is 18.0 Å². The molecule has 0 saturated heterocycles. The van der Waals surface area contributed by atoms with Gasteiger partial charge in [-0.3, -0.25) is 10.1 Å². The van der Waals surface area contributed by atoms with Crippen LogP contribution in [0, 0.1) is 21.4 Å². The summed E-state index contributed by atoms with van der Waals surface area (Å²) < 4.78 is 4.37. The number of ether oxygens (including phenoxy) is 1. The Bertz CT molecular complexity index is 507. The lowest BCUT2D eigenvalue weighted by Crippen LogP contribution is -2.08. The molecule has 82 valence electrons. The van der Waals surface area contributed by atoms with Crippen LogP contribution in [0.1, 0.15) is 15.9 Å². The Morgan fingerprint density at radius 3 is 2.69 bits per heavy atom. The van der Waals surface area contributed by atoms with Crippen LogP contribution in [0.4, 0.5) is 5.69 Å². The number of carbonyl (C=O) groups excluding carboxylic acids is 1. The SMILES string of the molecule is COC(=O)c1c(C#N)ccc(Cl)c1[N+](=O)[O-]. The number of rotatable bonds is 2. The van der Waals surface area contributed by atoms with Gasteiger partial charge in [-0.25, -0.2) is 4.79 Å². The first kappa shape index (κ1) is 11.9. The normalized spacial score (nSPS) is 9.31. The average Bonchev–Trinajstić information content (AvgIpc) is 2.27. The van der Waals surface area contributed by atoms with Gasteiger partial charge in [-0.1, -0.05) is 11.6 Å². The summed E-state index contributed by atoms with van der Waals surface area (Å²) in [5, 5.41) is 19.3. The van der Waals surface area contributed by atoms with Crippen molar-refractivity contribution in [2.75, 3.05) is 7.11 Å². The molecule has 0 heterocycles. The molecule has 1 aromatic rings. The molecule has 0 aromatic heterocycles. The first-order chi connectivity index (χ1) is 7.52. The fourth-order valence-electron chi connectivity index (χ4n) is 1.15. The molecule has 6 nitrogen and oxygen atoms in total. The van der Waals surface area contributed by atoms with Crippen molar-refractivity contribution in [2.45, 2.75) is 0 Å². The van der Waals surface area contributed by atoms with Gasteiger partial charge in [0, 0.05) is 0 Å². The molecule has 0 aliphatic rings. The van der Waals surface area contributed by atoms with Crippen molar-refractivity contribution in [3.05, 3.63) is 38.4 Å². The van der Waals surface area contributed by atoms with Crippen molar-refractivity contribution in [2.24, 2.45) is 0 Å². The van der Waals surface area contributed by atoms with Crippen molar-refractivity contribution in [1.29, 1.82) is 5.26 Å². The third-order valence-electron chi connectivity index (χ3n) is 1.82. The number of nitriles is 1. The smallest absolute Gasteiger partial charge is 0.346 e. The van der Waals surface area contributed by atoms with Gasteiger partial charge in [-0.2, -0.15) is 5.26 Å². The van der Waals surface area contributed by atoms with Crippen LogP contribution in [0.5, 0.6) is 0 Å². The minimum atomic E-state index is -0.967. The third kappa shape index (κ3) is 1.94. The van der Waals surface area contributed by atoms with E-state index >= 15 is 0 Å². The molecular weight excluding hydrogens is 236 g/mol. The maximum atomic E-state index is 11.3. The second-order valence-corrected chi connectivity index (χ2v) is 3.09. The molecular formula is C9H5ClN2O4. The van der Waals surface area contributed by atoms with Crippen LogP contribution in [0.2, 0.25) is 5.02 Å². The second-order valence-electron chi connectivity index (χ2n) is 2.68.